The minimum absolute atomic E-state index is 0.403. The predicted molar refractivity (Wildman–Crippen MR) is 81.3 cm³/mol. The lowest BCUT2D eigenvalue weighted by atomic mass is 9.98. The van der Waals surface area contributed by atoms with E-state index in [1.54, 1.807) is 18.2 Å². The molecule has 2 aromatic carbocycles. The first kappa shape index (κ1) is 14.7. The molecule has 1 N–H and O–H groups in total. The first-order valence-electron chi connectivity index (χ1n) is 5.86. The molecule has 4 heteroatoms. The Morgan fingerprint density at radius 3 is 2.58 bits per heavy atom. The van der Waals surface area contributed by atoms with Crippen LogP contribution < -0.4 is 0 Å². The third-order valence-electron chi connectivity index (χ3n) is 3.05. The summed E-state index contributed by atoms with van der Waals surface area (Å²) in [5.41, 5.74) is 2.62. The van der Waals surface area contributed by atoms with E-state index >= 15 is 0 Å². The van der Waals surface area contributed by atoms with Crippen molar-refractivity contribution in [1.29, 1.82) is 0 Å². The van der Waals surface area contributed by atoms with Gasteiger partial charge < -0.3 is 5.11 Å². The van der Waals surface area contributed by atoms with Crippen LogP contribution in [0, 0.1) is 6.92 Å². The third-order valence-corrected chi connectivity index (χ3v) is 4.14. The van der Waals surface area contributed by atoms with Gasteiger partial charge in [0.25, 0.3) is 0 Å². The van der Waals surface area contributed by atoms with Crippen LogP contribution in [0.4, 0.5) is 0 Å². The van der Waals surface area contributed by atoms with Crippen LogP contribution in [0.15, 0.2) is 36.4 Å². The molecule has 0 aromatic heterocycles. The summed E-state index contributed by atoms with van der Waals surface area (Å²) in [5, 5.41) is 11.9. The molecule has 1 nitrogen and oxygen atoms in total. The molecular formula is C15H13Cl3O. The SMILES string of the molecule is Cc1ccc(Cl)cc1C(O)Cc1cccc(Cl)c1Cl. The number of benzene rings is 2. The fourth-order valence-electron chi connectivity index (χ4n) is 1.99. The zero-order chi connectivity index (χ0) is 14.0. The normalized spacial score (nSPS) is 12.5. The maximum atomic E-state index is 10.3. The Morgan fingerprint density at radius 1 is 1.11 bits per heavy atom. The van der Waals surface area contributed by atoms with Crippen LogP contribution in [0.2, 0.25) is 15.1 Å². The maximum Gasteiger partial charge on any atom is 0.0833 e. The first-order chi connectivity index (χ1) is 8.99. The second-order valence-corrected chi connectivity index (χ2v) is 5.66. The number of aryl methyl sites for hydroxylation is 1. The average molecular weight is 316 g/mol. The Morgan fingerprint density at radius 2 is 1.84 bits per heavy atom. The molecular weight excluding hydrogens is 303 g/mol. The maximum absolute atomic E-state index is 10.3. The van der Waals surface area contributed by atoms with Crippen molar-refractivity contribution in [2.45, 2.75) is 19.4 Å². The molecule has 0 aliphatic carbocycles. The van der Waals surface area contributed by atoms with Gasteiger partial charge in [-0.1, -0.05) is 53.0 Å². The van der Waals surface area contributed by atoms with E-state index in [1.165, 1.54) is 0 Å². The lowest BCUT2D eigenvalue weighted by molar-refractivity contribution is 0.178. The molecule has 1 unspecified atom stereocenters. The number of hydrogen-bond acceptors (Lipinski definition) is 1. The highest BCUT2D eigenvalue weighted by Gasteiger charge is 2.14. The lowest BCUT2D eigenvalue weighted by Crippen LogP contribution is -2.04. The molecule has 100 valence electrons. The van der Waals surface area contributed by atoms with Crippen molar-refractivity contribution in [3.63, 3.8) is 0 Å². The fourth-order valence-corrected chi connectivity index (χ4v) is 2.57. The molecule has 0 aliphatic rings. The number of aliphatic hydroxyl groups excluding tert-OH is 1. The van der Waals surface area contributed by atoms with Crippen molar-refractivity contribution in [2.24, 2.45) is 0 Å². The van der Waals surface area contributed by atoms with E-state index in [4.69, 9.17) is 34.8 Å². The summed E-state index contributed by atoms with van der Waals surface area (Å²) in [6.45, 7) is 1.94. The van der Waals surface area contributed by atoms with E-state index < -0.39 is 6.10 Å². The van der Waals surface area contributed by atoms with Crippen LogP contribution in [-0.2, 0) is 6.42 Å². The molecule has 1 atom stereocenters. The van der Waals surface area contributed by atoms with Crippen molar-refractivity contribution in [2.75, 3.05) is 0 Å². The van der Waals surface area contributed by atoms with Crippen molar-refractivity contribution in [3.05, 3.63) is 68.2 Å². The Labute approximate surface area is 127 Å². The largest absolute Gasteiger partial charge is 0.388 e. The molecule has 0 heterocycles. The van der Waals surface area contributed by atoms with Gasteiger partial charge in [-0.25, -0.2) is 0 Å². The highest BCUT2D eigenvalue weighted by atomic mass is 35.5. The second kappa shape index (κ2) is 6.15. The van der Waals surface area contributed by atoms with Gasteiger partial charge in [-0.3, -0.25) is 0 Å². The summed E-state index contributed by atoms with van der Waals surface area (Å²) in [7, 11) is 0. The number of rotatable bonds is 3. The minimum Gasteiger partial charge on any atom is -0.388 e. The van der Waals surface area contributed by atoms with E-state index in [-0.39, 0.29) is 0 Å². The number of halogens is 3. The Hall–Kier alpha value is -0.730. The van der Waals surface area contributed by atoms with Gasteiger partial charge in [-0.05, 0) is 41.8 Å². The first-order valence-corrected chi connectivity index (χ1v) is 6.99. The second-order valence-electron chi connectivity index (χ2n) is 4.43. The monoisotopic (exact) mass is 314 g/mol. The van der Waals surface area contributed by atoms with Crippen molar-refractivity contribution >= 4 is 34.8 Å². The summed E-state index contributed by atoms with van der Waals surface area (Å²) < 4.78 is 0. The van der Waals surface area contributed by atoms with Crippen LogP contribution >= 0.6 is 34.8 Å². The molecule has 0 bridgehead atoms. The lowest BCUT2D eigenvalue weighted by Gasteiger charge is -2.15. The van der Waals surface area contributed by atoms with Gasteiger partial charge in [0.15, 0.2) is 0 Å². The van der Waals surface area contributed by atoms with Crippen LogP contribution in [0.5, 0.6) is 0 Å². The van der Waals surface area contributed by atoms with E-state index in [0.29, 0.717) is 21.5 Å². The molecule has 0 fully saturated rings. The topological polar surface area (TPSA) is 20.2 Å². The van der Waals surface area contributed by atoms with Crippen molar-refractivity contribution in [1.82, 2.24) is 0 Å². The quantitative estimate of drug-likeness (QED) is 0.822. The van der Waals surface area contributed by atoms with Crippen LogP contribution in [0.3, 0.4) is 0 Å². The molecule has 0 saturated heterocycles. The fraction of sp³-hybridized carbons (Fsp3) is 0.200. The predicted octanol–water partition coefficient (Wildman–Crippen LogP) is 5.23. The number of aliphatic hydroxyl groups is 1. The molecule has 0 aliphatic heterocycles. The van der Waals surface area contributed by atoms with E-state index in [9.17, 15) is 5.11 Å². The summed E-state index contributed by atoms with van der Waals surface area (Å²) in [6, 6.07) is 10.9. The summed E-state index contributed by atoms with van der Waals surface area (Å²) in [6.07, 6.45) is -0.254. The van der Waals surface area contributed by atoms with Gasteiger partial charge in [0, 0.05) is 11.4 Å². The van der Waals surface area contributed by atoms with Gasteiger partial charge in [-0.15, -0.1) is 0 Å². The van der Waals surface area contributed by atoms with Gasteiger partial charge in [0.05, 0.1) is 16.1 Å². The molecule has 0 saturated carbocycles. The average Bonchev–Trinajstić information content (AvgIpc) is 2.38. The van der Waals surface area contributed by atoms with Gasteiger partial charge in [-0.2, -0.15) is 0 Å². The van der Waals surface area contributed by atoms with Gasteiger partial charge in [0.2, 0.25) is 0 Å². The molecule has 2 rings (SSSR count). The Balaban J connectivity index is 2.28. The third kappa shape index (κ3) is 3.43. The molecule has 2 aromatic rings. The number of hydrogen-bond donors (Lipinski definition) is 1. The summed E-state index contributed by atoms with van der Waals surface area (Å²) >= 11 is 18.1. The van der Waals surface area contributed by atoms with Gasteiger partial charge >= 0.3 is 0 Å². The zero-order valence-corrected chi connectivity index (χ0v) is 12.6. The summed E-state index contributed by atoms with van der Waals surface area (Å²) in [5.74, 6) is 0. The van der Waals surface area contributed by atoms with Gasteiger partial charge in [0.1, 0.15) is 0 Å². The van der Waals surface area contributed by atoms with Crippen LogP contribution in [0.1, 0.15) is 22.8 Å². The van der Waals surface area contributed by atoms with Crippen LogP contribution in [-0.4, -0.2) is 5.11 Å². The van der Waals surface area contributed by atoms with E-state index in [2.05, 4.69) is 0 Å². The zero-order valence-electron chi connectivity index (χ0n) is 10.3. The smallest absolute Gasteiger partial charge is 0.0833 e. The van der Waals surface area contributed by atoms with Crippen LogP contribution in [0.25, 0.3) is 0 Å². The molecule has 0 radical (unpaired) electrons. The van der Waals surface area contributed by atoms with E-state index in [1.807, 2.05) is 25.1 Å². The van der Waals surface area contributed by atoms with E-state index in [0.717, 1.165) is 16.7 Å². The standard InChI is InChI=1S/C15H13Cl3O/c1-9-5-6-11(16)8-12(9)14(19)7-10-3-2-4-13(17)15(10)18/h2-6,8,14,19H,7H2,1H3. The Kier molecular flexibility index (Phi) is 4.75. The molecule has 0 spiro atoms. The molecule has 19 heavy (non-hydrogen) atoms. The highest BCUT2D eigenvalue weighted by Crippen LogP contribution is 2.30. The minimum atomic E-state index is -0.658. The Bertz CT molecular complexity index is 596. The molecule has 0 amide bonds. The summed E-state index contributed by atoms with van der Waals surface area (Å²) in [4.78, 5) is 0. The highest BCUT2D eigenvalue weighted by molar-refractivity contribution is 6.42. The van der Waals surface area contributed by atoms with Crippen molar-refractivity contribution < 1.29 is 5.11 Å². The van der Waals surface area contributed by atoms with Crippen molar-refractivity contribution in [3.8, 4) is 0 Å².